The van der Waals surface area contributed by atoms with E-state index in [1.165, 1.54) is 38.9 Å². The zero-order valence-corrected chi connectivity index (χ0v) is 18.4. The Morgan fingerprint density at radius 2 is 1.91 bits per heavy atom. The highest BCUT2D eigenvalue weighted by Gasteiger charge is 2.35. The van der Waals surface area contributed by atoms with Gasteiger partial charge in [0, 0.05) is 56.2 Å². The van der Waals surface area contributed by atoms with Crippen molar-refractivity contribution in [2.45, 2.75) is 12.7 Å². The number of rotatable bonds is 5. The number of anilines is 1. The number of nitrogens with zero attached hydrogens (tertiary/aromatic N) is 5. The maximum absolute atomic E-state index is 13.8. The van der Waals surface area contributed by atoms with Crippen molar-refractivity contribution in [1.29, 1.82) is 0 Å². The number of amides is 2. The van der Waals surface area contributed by atoms with E-state index >= 15 is 0 Å². The summed E-state index contributed by atoms with van der Waals surface area (Å²) in [5.74, 6) is -1.61. The van der Waals surface area contributed by atoms with Crippen LogP contribution < -0.4 is 9.64 Å². The molecule has 2 amide bonds. The number of alkyl halides is 3. The van der Waals surface area contributed by atoms with E-state index in [4.69, 9.17) is 4.74 Å². The van der Waals surface area contributed by atoms with Gasteiger partial charge in [0.25, 0.3) is 11.8 Å². The molecule has 4 rings (SSSR count). The van der Waals surface area contributed by atoms with Crippen molar-refractivity contribution in [2.75, 3.05) is 25.6 Å². The number of hydrogen-bond donors (Lipinski definition) is 0. The van der Waals surface area contributed by atoms with Crippen LogP contribution in [0.4, 0.5) is 23.4 Å². The Labute approximate surface area is 191 Å². The molecule has 34 heavy (non-hydrogen) atoms. The van der Waals surface area contributed by atoms with E-state index in [-0.39, 0.29) is 46.5 Å². The normalized spacial score (nSPS) is 13.3. The van der Waals surface area contributed by atoms with Gasteiger partial charge in [-0.25, -0.2) is 4.39 Å². The maximum Gasteiger partial charge on any atom is 0.422 e. The molecule has 178 valence electrons. The van der Waals surface area contributed by atoms with Crippen LogP contribution in [0.25, 0.3) is 11.3 Å². The molecule has 0 atom stereocenters. The fraction of sp³-hybridized carbons (Fsp3) is 0.273. The molecular weight excluding hydrogens is 458 g/mol. The summed E-state index contributed by atoms with van der Waals surface area (Å²) in [5, 5.41) is 4.27. The van der Waals surface area contributed by atoms with E-state index in [9.17, 15) is 27.2 Å². The lowest BCUT2D eigenvalue weighted by molar-refractivity contribution is -0.153. The topological polar surface area (TPSA) is 80.6 Å². The van der Waals surface area contributed by atoms with Crippen LogP contribution in [0.5, 0.6) is 5.75 Å². The van der Waals surface area contributed by atoms with Crippen LogP contribution in [0, 0.1) is 5.82 Å². The SMILES string of the molecule is CN(C)C(=O)c1cc(N2Cc3c(ccnc3-c3ccc(F)cc3OCC(F)(F)F)C2=O)nn1C. The Morgan fingerprint density at radius 3 is 2.59 bits per heavy atom. The average Bonchev–Trinajstić information content (AvgIpc) is 3.31. The summed E-state index contributed by atoms with van der Waals surface area (Å²) in [6, 6.07) is 6.13. The number of aromatic nitrogens is 3. The zero-order valence-electron chi connectivity index (χ0n) is 18.4. The van der Waals surface area contributed by atoms with Gasteiger partial charge in [-0.2, -0.15) is 18.3 Å². The van der Waals surface area contributed by atoms with Gasteiger partial charge in [-0.1, -0.05) is 0 Å². The third kappa shape index (κ3) is 4.30. The van der Waals surface area contributed by atoms with Crippen molar-refractivity contribution in [1.82, 2.24) is 19.7 Å². The standard InChI is InChI=1S/C22H19F4N5O3/c1-29(2)21(33)16-9-18(28-30(16)3)31-10-15-13(20(31)32)6-7-27-19(15)14-5-4-12(23)8-17(14)34-11-22(24,25)26/h4-9H,10-11H2,1-3H3. The van der Waals surface area contributed by atoms with Crippen LogP contribution in [0.1, 0.15) is 26.4 Å². The zero-order chi connectivity index (χ0) is 24.8. The van der Waals surface area contributed by atoms with Crippen molar-refractivity contribution in [3.63, 3.8) is 0 Å². The molecule has 0 fully saturated rings. The van der Waals surface area contributed by atoms with Crippen molar-refractivity contribution in [2.24, 2.45) is 7.05 Å². The molecule has 12 heteroatoms. The average molecular weight is 477 g/mol. The number of halogens is 4. The van der Waals surface area contributed by atoms with Gasteiger partial charge in [-0.15, -0.1) is 0 Å². The number of carbonyl (C=O) groups is 2. The number of aryl methyl sites for hydroxylation is 1. The summed E-state index contributed by atoms with van der Waals surface area (Å²) in [5.41, 5.74) is 1.25. The molecule has 0 aliphatic carbocycles. The summed E-state index contributed by atoms with van der Waals surface area (Å²) in [7, 11) is 4.75. The second-order valence-electron chi connectivity index (χ2n) is 7.83. The van der Waals surface area contributed by atoms with Crippen LogP contribution in [-0.2, 0) is 13.6 Å². The molecule has 0 radical (unpaired) electrons. The van der Waals surface area contributed by atoms with Gasteiger partial charge in [0.05, 0.1) is 12.2 Å². The lowest BCUT2D eigenvalue weighted by Crippen LogP contribution is -2.24. The van der Waals surface area contributed by atoms with E-state index in [2.05, 4.69) is 10.1 Å². The van der Waals surface area contributed by atoms with Crippen LogP contribution in [0.3, 0.4) is 0 Å². The molecule has 1 aliphatic heterocycles. The predicted octanol–water partition coefficient (Wildman–Crippen LogP) is 3.42. The number of ether oxygens (including phenoxy) is 1. The smallest absolute Gasteiger partial charge is 0.422 e. The highest BCUT2D eigenvalue weighted by molar-refractivity contribution is 6.11. The summed E-state index contributed by atoms with van der Waals surface area (Å²) >= 11 is 0. The van der Waals surface area contributed by atoms with Crippen molar-refractivity contribution in [3.8, 4) is 17.0 Å². The molecule has 2 aromatic heterocycles. The fourth-order valence-corrected chi connectivity index (χ4v) is 3.63. The third-order valence-corrected chi connectivity index (χ3v) is 5.21. The molecule has 3 aromatic rings. The van der Waals surface area contributed by atoms with E-state index < -0.39 is 24.5 Å². The highest BCUT2D eigenvalue weighted by Crippen LogP contribution is 2.38. The fourth-order valence-electron chi connectivity index (χ4n) is 3.63. The summed E-state index contributed by atoms with van der Waals surface area (Å²) in [6.07, 6.45) is -3.28. The van der Waals surface area contributed by atoms with Crippen LogP contribution in [-0.4, -0.2) is 58.4 Å². The number of carbonyl (C=O) groups excluding carboxylic acids is 2. The lowest BCUT2D eigenvalue weighted by atomic mass is 10.0. The van der Waals surface area contributed by atoms with Crippen LogP contribution in [0.15, 0.2) is 36.5 Å². The molecule has 1 aromatic carbocycles. The minimum Gasteiger partial charge on any atom is -0.483 e. The Morgan fingerprint density at radius 1 is 1.18 bits per heavy atom. The van der Waals surface area contributed by atoms with Gasteiger partial charge >= 0.3 is 6.18 Å². The van der Waals surface area contributed by atoms with Gasteiger partial charge in [0.2, 0.25) is 0 Å². The quantitative estimate of drug-likeness (QED) is 0.526. The van der Waals surface area contributed by atoms with E-state index in [0.29, 0.717) is 5.56 Å². The molecule has 0 N–H and O–H groups in total. The molecule has 8 nitrogen and oxygen atoms in total. The summed E-state index contributed by atoms with van der Waals surface area (Å²) < 4.78 is 58.1. The highest BCUT2D eigenvalue weighted by atomic mass is 19.4. The molecule has 0 bridgehead atoms. The number of benzene rings is 1. The van der Waals surface area contributed by atoms with Gasteiger partial charge in [-0.3, -0.25) is 24.2 Å². The Kier molecular flexibility index (Phi) is 5.75. The lowest BCUT2D eigenvalue weighted by Gasteiger charge is -2.15. The van der Waals surface area contributed by atoms with E-state index in [1.807, 2.05) is 0 Å². The second-order valence-corrected chi connectivity index (χ2v) is 7.83. The monoisotopic (exact) mass is 477 g/mol. The van der Waals surface area contributed by atoms with Gasteiger partial charge < -0.3 is 9.64 Å². The van der Waals surface area contributed by atoms with E-state index in [0.717, 1.165) is 12.1 Å². The number of pyridine rings is 1. The van der Waals surface area contributed by atoms with Crippen LogP contribution >= 0.6 is 0 Å². The van der Waals surface area contributed by atoms with Gasteiger partial charge in [0.1, 0.15) is 17.3 Å². The minimum absolute atomic E-state index is 0.0000351. The first-order valence-electron chi connectivity index (χ1n) is 10.0. The second kappa shape index (κ2) is 8.43. The first-order chi connectivity index (χ1) is 16.0. The molecule has 0 spiro atoms. The number of fused-ring (bicyclic) bond motifs is 1. The molecule has 3 heterocycles. The maximum atomic E-state index is 13.8. The molecule has 1 aliphatic rings. The minimum atomic E-state index is -4.62. The van der Waals surface area contributed by atoms with Gasteiger partial charge in [-0.05, 0) is 18.2 Å². The largest absolute Gasteiger partial charge is 0.483 e. The molecule has 0 unspecified atom stereocenters. The molecule has 0 saturated heterocycles. The van der Waals surface area contributed by atoms with Crippen LogP contribution in [0.2, 0.25) is 0 Å². The van der Waals surface area contributed by atoms with Crippen molar-refractivity contribution in [3.05, 3.63) is 59.2 Å². The Balaban J connectivity index is 1.72. The first-order valence-corrected chi connectivity index (χ1v) is 10.0. The van der Waals surface area contributed by atoms with Gasteiger partial charge in [0.15, 0.2) is 12.4 Å². The summed E-state index contributed by atoms with van der Waals surface area (Å²) in [4.78, 5) is 32.4. The number of hydrogen-bond acceptors (Lipinski definition) is 5. The van der Waals surface area contributed by atoms with Crippen molar-refractivity contribution >= 4 is 17.6 Å². The molecule has 0 saturated carbocycles. The molecular formula is C22H19F4N5O3. The Bertz CT molecular complexity index is 1290. The summed E-state index contributed by atoms with van der Waals surface area (Å²) in [6.45, 7) is -1.61. The Hall–Kier alpha value is -3.96. The first kappa shape index (κ1) is 23.2. The van der Waals surface area contributed by atoms with E-state index in [1.54, 1.807) is 21.1 Å². The third-order valence-electron chi connectivity index (χ3n) is 5.21. The predicted molar refractivity (Wildman–Crippen MR) is 113 cm³/mol. The van der Waals surface area contributed by atoms with Crippen molar-refractivity contribution < 1.29 is 31.9 Å².